The van der Waals surface area contributed by atoms with Gasteiger partial charge in [0.25, 0.3) is 0 Å². The Bertz CT molecular complexity index is 215. The standard InChI is InChI=1S/C11H18O/c1-5-9(2)11(12)7-6-10(3,4)8-11/h5-7,9,12H,1,8H2,2-4H3. The minimum atomic E-state index is -0.661. The molecule has 12 heavy (non-hydrogen) atoms. The average Bonchev–Trinajstić information content (AvgIpc) is 2.25. The van der Waals surface area contributed by atoms with Gasteiger partial charge < -0.3 is 5.11 Å². The Balaban J connectivity index is 2.79. The molecular weight excluding hydrogens is 148 g/mol. The second-order valence-corrected chi connectivity index (χ2v) is 4.51. The molecule has 0 fully saturated rings. The molecule has 0 heterocycles. The Kier molecular flexibility index (Phi) is 2.17. The van der Waals surface area contributed by atoms with Crippen molar-refractivity contribution in [1.29, 1.82) is 0 Å². The van der Waals surface area contributed by atoms with Gasteiger partial charge >= 0.3 is 0 Å². The van der Waals surface area contributed by atoms with Crippen molar-refractivity contribution in [2.75, 3.05) is 0 Å². The van der Waals surface area contributed by atoms with Gasteiger partial charge in [0.15, 0.2) is 0 Å². The van der Waals surface area contributed by atoms with Crippen LogP contribution in [0.15, 0.2) is 24.8 Å². The normalized spacial score (nSPS) is 35.0. The molecule has 2 atom stereocenters. The zero-order valence-corrected chi connectivity index (χ0v) is 8.17. The van der Waals surface area contributed by atoms with Gasteiger partial charge in [0.1, 0.15) is 0 Å². The van der Waals surface area contributed by atoms with Crippen LogP contribution >= 0.6 is 0 Å². The lowest BCUT2D eigenvalue weighted by molar-refractivity contribution is 0.0358. The molecule has 0 saturated heterocycles. The van der Waals surface area contributed by atoms with Crippen molar-refractivity contribution in [2.24, 2.45) is 11.3 Å². The van der Waals surface area contributed by atoms with Gasteiger partial charge in [0.05, 0.1) is 5.60 Å². The maximum atomic E-state index is 10.1. The van der Waals surface area contributed by atoms with E-state index < -0.39 is 5.60 Å². The summed E-state index contributed by atoms with van der Waals surface area (Å²) in [7, 11) is 0. The minimum Gasteiger partial charge on any atom is -0.385 e. The molecule has 1 heteroatoms. The summed E-state index contributed by atoms with van der Waals surface area (Å²) in [5, 5.41) is 10.1. The quantitative estimate of drug-likeness (QED) is 0.625. The first-order chi connectivity index (χ1) is 5.40. The molecule has 0 bridgehead atoms. The molecule has 0 radical (unpaired) electrons. The van der Waals surface area contributed by atoms with Crippen LogP contribution in [0.5, 0.6) is 0 Å². The molecular formula is C11H18O. The highest BCUT2D eigenvalue weighted by Crippen LogP contribution is 2.41. The maximum Gasteiger partial charge on any atom is 0.0895 e. The predicted octanol–water partition coefficient (Wildman–Crippen LogP) is 2.53. The Labute approximate surface area is 74.8 Å². The monoisotopic (exact) mass is 166 g/mol. The van der Waals surface area contributed by atoms with Crippen LogP contribution in [0, 0.1) is 11.3 Å². The number of hydrogen-bond donors (Lipinski definition) is 1. The molecule has 0 aromatic carbocycles. The number of aliphatic hydroxyl groups is 1. The largest absolute Gasteiger partial charge is 0.385 e. The van der Waals surface area contributed by atoms with E-state index in [0.29, 0.717) is 0 Å². The van der Waals surface area contributed by atoms with Gasteiger partial charge in [-0.05, 0) is 11.8 Å². The fraction of sp³-hybridized carbons (Fsp3) is 0.636. The summed E-state index contributed by atoms with van der Waals surface area (Å²) >= 11 is 0. The molecule has 0 aromatic heterocycles. The summed E-state index contributed by atoms with van der Waals surface area (Å²) in [5.74, 6) is 0.135. The van der Waals surface area contributed by atoms with Crippen molar-refractivity contribution < 1.29 is 5.11 Å². The molecule has 1 aliphatic rings. The van der Waals surface area contributed by atoms with E-state index >= 15 is 0 Å². The average molecular weight is 166 g/mol. The molecule has 0 aliphatic heterocycles. The fourth-order valence-electron chi connectivity index (χ4n) is 1.73. The van der Waals surface area contributed by atoms with Gasteiger partial charge in [-0.2, -0.15) is 0 Å². The fourth-order valence-corrected chi connectivity index (χ4v) is 1.73. The SMILES string of the molecule is C=CC(C)C1(O)C=CC(C)(C)C1. The molecule has 0 saturated carbocycles. The van der Waals surface area contributed by atoms with Crippen molar-refractivity contribution >= 4 is 0 Å². The van der Waals surface area contributed by atoms with Crippen LogP contribution < -0.4 is 0 Å². The summed E-state index contributed by atoms with van der Waals surface area (Å²) in [6.07, 6.45) is 6.62. The van der Waals surface area contributed by atoms with E-state index in [1.165, 1.54) is 0 Å². The first-order valence-corrected chi connectivity index (χ1v) is 4.45. The Morgan fingerprint density at radius 3 is 2.42 bits per heavy atom. The molecule has 1 N–H and O–H groups in total. The predicted molar refractivity (Wildman–Crippen MR) is 51.8 cm³/mol. The van der Waals surface area contributed by atoms with Gasteiger partial charge in [-0.3, -0.25) is 0 Å². The number of hydrogen-bond acceptors (Lipinski definition) is 1. The Morgan fingerprint density at radius 2 is 2.08 bits per heavy atom. The summed E-state index contributed by atoms with van der Waals surface area (Å²) in [4.78, 5) is 0. The van der Waals surface area contributed by atoms with E-state index in [0.717, 1.165) is 6.42 Å². The lowest BCUT2D eigenvalue weighted by atomic mass is 9.82. The van der Waals surface area contributed by atoms with E-state index in [4.69, 9.17) is 0 Å². The molecule has 0 aromatic rings. The van der Waals surface area contributed by atoms with Crippen molar-refractivity contribution in [3.05, 3.63) is 24.8 Å². The van der Waals surface area contributed by atoms with Crippen molar-refractivity contribution in [3.8, 4) is 0 Å². The van der Waals surface area contributed by atoms with Gasteiger partial charge in [0, 0.05) is 5.92 Å². The molecule has 1 rings (SSSR count). The van der Waals surface area contributed by atoms with Gasteiger partial charge in [-0.15, -0.1) is 6.58 Å². The van der Waals surface area contributed by atoms with Gasteiger partial charge in [-0.25, -0.2) is 0 Å². The third-order valence-electron chi connectivity index (χ3n) is 2.70. The summed E-state index contributed by atoms with van der Waals surface area (Å²) < 4.78 is 0. The second-order valence-electron chi connectivity index (χ2n) is 4.51. The van der Waals surface area contributed by atoms with E-state index in [9.17, 15) is 5.11 Å². The zero-order valence-electron chi connectivity index (χ0n) is 8.17. The van der Waals surface area contributed by atoms with E-state index in [2.05, 4.69) is 26.5 Å². The molecule has 1 nitrogen and oxygen atoms in total. The lowest BCUT2D eigenvalue weighted by Crippen LogP contribution is -2.33. The Hall–Kier alpha value is -0.560. The third kappa shape index (κ3) is 1.61. The highest BCUT2D eigenvalue weighted by molar-refractivity contribution is 5.19. The highest BCUT2D eigenvalue weighted by Gasteiger charge is 2.39. The van der Waals surface area contributed by atoms with E-state index in [1.54, 1.807) is 0 Å². The lowest BCUT2D eigenvalue weighted by Gasteiger charge is -2.29. The topological polar surface area (TPSA) is 20.2 Å². The molecule has 2 unspecified atom stereocenters. The smallest absolute Gasteiger partial charge is 0.0895 e. The Morgan fingerprint density at radius 1 is 1.50 bits per heavy atom. The molecule has 0 spiro atoms. The molecule has 68 valence electrons. The first kappa shape index (κ1) is 9.53. The maximum absolute atomic E-state index is 10.1. The highest BCUT2D eigenvalue weighted by atomic mass is 16.3. The summed E-state index contributed by atoms with van der Waals surface area (Å²) in [6, 6.07) is 0. The van der Waals surface area contributed by atoms with Crippen LogP contribution in [0.3, 0.4) is 0 Å². The first-order valence-electron chi connectivity index (χ1n) is 4.45. The van der Waals surface area contributed by atoms with Gasteiger partial charge in [0.2, 0.25) is 0 Å². The van der Waals surface area contributed by atoms with Crippen LogP contribution in [0.1, 0.15) is 27.2 Å². The van der Waals surface area contributed by atoms with E-state index in [1.807, 2.05) is 19.1 Å². The van der Waals surface area contributed by atoms with Crippen LogP contribution in [0.4, 0.5) is 0 Å². The van der Waals surface area contributed by atoms with Crippen LogP contribution in [-0.4, -0.2) is 10.7 Å². The van der Waals surface area contributed by atoms with Crippen molar-refractivity contribution in [3.63, 3.8) is 0 Å². The summed E-state index contributed by atoms with van der Waals surface area (Å²) in [6.45, 7) is 9.98. The van der Waals surface area contributed by atoms with Crippen LogP contribution in [0.2, 0.25) is 0 Å². The van der Waals surface area contributed by atoms with Crippen LogP contribution in [-0.2, 0) is 0 Å². The van der Waals surface area contributed by atoms with Crippen molar-refractivity contribution in [1.82, 2.24) is 0 Å². The summed E-state index contributed by atoms with van der Waals surface area (Å²) in [5.41, 5.74) is -0.530. The second kappa shape index (κ2) is 2.74. The third-order valence-corrected chi connectivity index (χ3v) is 2.70. The number of allylic oxidation sites excluding steroid dienone is 1. The van der Waals surface area contributed by atoms with Gasteiger partial charge in [-0.1, -0.05) is 39.0 Å². The van der Waals surface area contributed by atoms with E-state index in [-0.39, 0.29) is 11.3 Å². The number of rotatable bonds is 2. The minimum absolute atomic E-state index is 0.131. The molecule has 0 amide bonds. The zero-order chi connectivity index (χ0) is 9.41. The van der Waals surface area contributed by atoms with Crippen LogP contribution in [0.25, 0.3) is 0 Å². The molecule has 1 aliphatic carbocycles. The van der Waals surface area contributed by atoms with Crippen molar-refractivity contribution in [2.45, 2.75) is 32.8 Å².